The molecule has 0 spiro atoms. The predicted molar refractivity (Wildman–Crippen MR) is 86.0 cm³/mol. The van der Waals surface area contributed by atoms with Crippen LogP contribution in [0.5, 0.6) is 0 Å². The molecule has 2 amide bonds. The molecule has 1 aliphatic carbocycles. The summed E-state index contributed by atoms with van der Waals surface area (Å²) in [6, 6.07) is -0.218. The van der Waals surface area contributed by atoms with E-state index in [-0.39, 0.29) is 12.6 Å². The van der Waals surface area contributed by atoms with Gasteiger partial charge < -0.3 is 20.3 Å². The van der Waals surface area contributed by atoms with Crippen LogP contribution >= 0.6 is 0 Å². The Labute approximate surface area is 136 Å². The van der Waals surface area contributed by atoms with Gasteiger partial charge in [-0.25, -0.2) is 4.79 Å². The number of aromatic nitrogens is 3. The van der Waals surface area contributed by atoms with E-state index in [2.05, 4.69) is 25.4 Å². The second-order valence-corrected chi connectivity index (χ2v) is 6.98. The first-order valence-corrected chi connectivity index (χ1v) is 8.70. The Morgan fingerprint density at radius 1 is 1.35 bits per heavy atom. The van der Waals surface area contributed by atoms with Crippen molar-refractivity contribution in [3.8, 4) is 0 Å². The molecule has 1 unspecified atom stereocenters. The van der Waals surface area contributed by atoms with Gasteiger partial charge in [0.1, 0.15) is 11.6 Å². The summed E-state index contributed by atoms with van der Waals surface area (Å²) >= 11 is 0. The second-order valence-electron chi connectivity index (χ2n) is 6.98. The molecule has 1 fully saturated rings. The van der Waals surface area contributed by atoms with Crippen molar-refractivity contribution in [1.82, 2.24) is 25.4 Å². The van der Waals surface area contributed by atoms with E-state index in [4.69, 9.17) is 0 Å². The van der Waals surface area contributed by atoms with Crippen LogP contribution in [0.4, 0.5) is 4.79 Å². The first-order valence-electron chi connectivity index (χ1n) is 8.70. The molecule has 0 bridgehead atoms. The van der Waals surface area contributed by atoms with E-state index >= 15 is 0 Å². The highest BCUT2D eigenvalue weighted by Crippen LogP contribution is 2.39. The van der Waals surface area contributed by atoms with E-state index < -0.39 is 5.54 Å². The van der Waals surface area contributed by atoms with Crippen molar-refractivity contribution >= 4 is 6.03 Å². The smallest absolute Gasteiger partial charge is 0.315 e. The molecule has 1 aromatic heterocycles. The number of urea groups is 1. The third kappa shape index (κ3) is 3.83. The molecule has 7 heteroatoms. The Morgan fingerprint density at radius 2 is 2.17 bits per heavy atom. The Hall–Kier alpha value is -1.63. The maximum Gasteiger partial charge on any atom is 0.315 e. The number of carbonyl (C=O) groups is 1. The number of fused-ring (bicyclic) bond motifs is 1. The van der Waals surface area contributed by atoms with E-state index in [0.29, 0.717) is 18.9 Å². The number of aliphatic hydroxyl groups is 1. The summed E-state index contributed by atoms with van der Waals surface area (Å²) in [6.07, 6.45) is 7.41. The summed E-state index contributed by atoms with van der Waals surface area (Å²) in [7, 11) is 0. The summed E-state index contributed by atoms with van der Waals surface area (Å²) in [4.78, 5) is 12.0. The fraction of sp³-hybridized carbons (Fsp3) is 0.812. The molecular formula is C16H27N5O2. The molecule has 1 aromatic rings. The molecule has 3 rings (SSSR count). The van der Waals surface area contributed by atoms with Gasteiger partial charge in [-0.3, -0.25) is 0 Å². The van der Waals surface area contributed by atoms with Crippen molar-refractivity contribution < 1.29 is 9.90 Å². The minimum Gasteiger partial charge on any atom is -0.394 e. The van der Waals surface area contributed by atoms with Crippen molar-refractivity contribution in [2.45, 2.75) is 64.0 Å². The van der Waals surface area contributed by atoms with Crippen molar-refractivity contribution in [3.63, 3.8) is 0 Å². The number of amides is 2. The van der Waals surface area contributed by atoms with E-state index in [1.165, 1.54) is 19.3 Å². The number of carbonyl (C=O) groups excluding carboxylic acids is 1. The number of nitrogens with zero attached hydrogens (tertiary/aromatic N) is 3. The molecular weight excluding hydrogens is 294 g/mol. The summed E-state index contributed by atoms with van der Waals surface area (Å²) < 4.78 is 2.20. The number of hydrogen-bond acceptors (Lipinski definition) is 4. The first kappa shape index (κ1) is 16.2. The van der Waals surface area contributed by atoms with E-state index in [0.717, 1.165) is 37.5 Å². The van der Waals surface area contributed by atoms with Gasteiger partial charge in [0.2, 0.25) is 0 Å². The van der Waals surface area contributed by atoms with Crippen molar-refractivity contribution in [2.75, 3.05) is 13.2 Å². The molecule has 1 aliphatic heterocycles. The lowest BCUT2D eigenvalue weighted by Crippen LogP contribution is -2.54. The number of nitrogens with one attached hydrogen (secondary N) is 2. The third-order valence-corrected chi connectivity index (χ3v) is 5.03. The maximum absolute atomic E-state index is 12.0. The standard InChI is InChI=1S/C16H27N5O2/c1-16(11-22,12-6-7-12)18-15(23)17-9-8-14-20-19-13-5-3-2-4-10-21(13)14/h12,22H,2-11H2,1H3,(H2,17,18,23). The third-order valence-electron chi connectivity index (χ3n) is 5.03. The first-order chi connectivity index (χ1) is 11.1. The lowest BCUT2D eigenvalue weighted by atomic mass is 9.97. The highest BCUT2D eigenvalue weighted by molar-refractivity contribution is 5.74. The zero-order valence-corrected chi connectivity index (χ0v) is 13.8. The summed E-state index contributed by atoms with van der Waals surface area (Å²) in [5.41, 5.74) is -0.504. The minimum atomic E-state index is -0.504. The molecule has 3 N–H and O–H groups in total. The van der Waals surface area contributed by atoms with E-state index in [1.54, 1.807) is 0 Å². The molecule has 0 aromatic carbocycles. The van der Waals surface area contributed by atoms with Crippen LogP contribution in [0.1, 0.15) is 50.7 Å². The van der Waals surface area contributed by atoms with Gasteiger partial charge in [0.25, 0.3) is 0 Å². The average molecular weight is 321 g/mol. The van der Waals surface area contributed by atoms with Crippen LogP contribution in [0.15, 0.2) is 0 Å². The highest BCUT2D eigenvalue weighted by atomic mass is 16.3. The van der Waals surface area contributed by atoms with Gasteiger partial charge in [-0.15, -0.1) is 10.2 Å². The topological polar surface area (TPSA) is 92.1 Å². The van der Waals surface area contributed by atoms with Crippen LogP contribution in [0.3, 0.4) is 0 Å². The zero-order chi connectivity index (χ0) is 16.3. The highest BCUT2D eigenvalue weighted by Gasteiger charge is 2.42. The number of rotatable bonds is 6. The summed E-state index contributed by atoms with van der Waals surface area (Å²) in [5.74, 6) is 2.42. The Bertz CT molecular complexity index is 555. The van der Waals surface area contributed by atoms with Crippen LogP contribution in [0, 0.1) is 5.92 Å². The summed E-state index contributed by atoms with van der Waals surface area (Å²) in [5, 5.41) is 23.8. The fourth-order valence-electron chi connectivity index (χ4n) is 3.31. The number of aryl methyl sites for hydroxylation is 1. The SMILES string of the molecule is CC(CO)(NC(=O)NCCc1nnc2n1CCCCC2)C1CC1. The molecule has 2 heterocycles. The van der Waals surface area contributed by atoms with Crippen LogP contribution in [0.25, 0.3) is 0 Å². The molecule has 0 radical (unpaired) electrons. The monoisotopic (exact) mass is 321 g/mol. The molecule has 2 aliphatic rings. The Balaban J connectivity index is 1.48. The van der Waals surface area contributed by atoms with Gasteiger partial charge in [-0.1, -0.05) is 6.42 Å². The number of hydrogen-bond donors (Lipinski definition) is 3. The Morgan fingerprint density at radius 3 is 2.91 bits per heavy atom. The Kier molecular flexibility index (Phi) is 4.84. The molecule has 1 saturated carbocycles. The largest absolute Gasteiger partial charge is 0.394 e. The second kappa shape index (κ2) is 6.86. The molecule has 7 nitrogen and oxygen atoms in total. The minimum absolute atomic E-state index is 0.0250. The van der Waals surface area contributed by atoms with Gasteiger partial charge in [0, 0.05) is 25.9 Å². The predicted octanol–water partition coefficient (Wildman–Crippen LogP) is 1.01. The average Bonchev–Trinajstić information content (AvgIpc) is 3.35. The normalized spacial score (nSPS) is 20.3. The lowest BCUT2D eigenvalue weighted by molar-refractivity contribution is 0.155. The molecule has 1 atom stereocenters. The lowest BCUT2D eigenvalue weighted by Gasteiger charge is -2.28. The van der Waals surface area contributed by atoms with E-state index in [1.807, 2.05) is 6.92 Å². The fourth-order valence-corrected chi connectivity index (χ4v) is 3.31. The van der Waals surface area contributed by atoms with Gasteiger partial charge in [-0.2, -0.15) is 0 Å². The van der Waals surface area contributed by atoms with Gasteiger partial charge in [0.05, 0.1) is 12.1 Å². The maximum atomic E-state index is 12.0. The van der Waals surface area contributed by atoms with Crippen LogP contribution in [-0.2, 0) is 19.4 Å². The van der Waals surface area contributed by atoms with Crippen molar-refractivity contribution in [2.24, 2.45) is 5.92 Å². The zero-order valence-electron chi connectivity index (χ0n) is 13.8. The molecule has 23 heavy (non-hydrogen) atoms. The number of aliphatic hydroxyl groups excluding tert-OH is 1. The van der Waals surface area contributed by atoms with Crippen molar-refractivity contribution in [3.05, 3.63) is 11.6 Å². The van der Waals surface area contributed by atoms with Crippen LogP contribution < -0.4 is 10.6 Å². The summed E-state index contributed by atoms with van der Waals surface area (Å²) in [6.45, 7) is 3.38. The van der Waals surface area contributed by atoms with Crippen molar-refractivity contribution in [1.29, 1.82) is 0 Å². The van der Waals surface area contributed by atoms with Gasteiger partial charge in [0.15, 0.2) is 0 Å². The van der Waals surface area contributed by atoms with Crippen LogP contribution in [0.2, 0.25) is 0 Å². The van der Waals surface area contributed by atoms with Gasteiger partial charge >= 0.3 is 6.03 Å². The van der Waals surface area contributed by atoms with Crippen LogP contribution in [-0.4, -0.2) is 44.6 Å². The molecule has 0 saturated heterocycles. The quantitative estimate of drug-likeness (QED) is 0.729. The van der Waals surface area contributed by atoms with Gasteiger partial charge in [-0.05, 0) is 38.5 Å². The van der Waals surface area contributed by atoms with E-state index in [9.17, 15) is 9.90 Å². The molecule has 128 valence electrons.